The van der Waals surface area contributed by atoms with E-state index in [4.69, 9.17) is 5.26 Å². The zero-order valence-electron chi connectivity index (χ0n) is 8.64. The second-order valence-electron chi connectivity index (χ2n) is 3.36. The molecule has 5 heteroatoms. The summed E-state index contributed by atoms with van der Waals surface area (Å²) in [6.45, 7) is 0. The van der Waals surface area contributed by atoms with E-state index >= 15 is 0 Å². The molecule has 1 atom stereocenters. The van der Waals surface area contributed by atoms with Gasteiger partial charge in [0.25, 0.3) is 0 Å². The molecule has 0 radical (unpaired) electrons. The number of nitriles is 1. The average molecular weight is 292 g/mol. The molecule has 0 amide bonds. The van der Waals surface area contributed by atoms with Gasteiger partial charge in [-0.1, -0.05) is 15.9 Å². The molecule has 1 aromatic carbocycles. The normalized spacial score (nSPS) is 11.8. The van der Waals surface area contributed by atoms with Crippen molar-refractivity contribution in [1.29, 1.82) is 5.26 Å². The van der Waals surface area contributed by atoms with E-state index in [9.17, 15) is 4.39 Å². The van der Waals surface area contributed by atoms with Crippen molar-refractivity contribution in [1.82, 2.24) is 9.97 Å². The number of halogens is 2. The summed E-state index contributed by atoms with van der Waals surface area (Å²) >= 11 is 3.26. The zero-order valence-corrected chi connectivity index (χ0v) is 10.2. The number of hydrogen-bond donors (Lipinski definition) is 0. The topological polar surface area (TPSA) is 49.6 Å². The fourth-order valence-corrected chi connectivity index (χ4v) is 1.88. The van der Waals surface area contributed by atoms with E-state index in [2.05, 4.69) is 32.0 Å². The predicted octanol–water partition coefficient (Wildman–Crippen LogP) is 3.03. The molecule has 1 heterocycles. The third-order valence-corrected chi connectivity index (χ3v) is 2.79. The van der Waals surface area contributed by atoms with Crippen LogP contribution in [0.3, 0.4) is 0 Å². The molecule has 2 rings (SSSR count). The van der Waals surface area contributed by atoms with Crippen molar-refractivity contribution in [2.24, 2.45) is 0 Å². The summed E-state index contributed by atoms with van der Waals surface area (Å²) in [4.78, 5) is 7.75. The number of rotatable bonds is 2. The van der Waals surface area contributed by atoms with Gasteiger partial charge in [0.1, 0.15) is 18.1 Å². The van der Waals surface area contributed by atoms with Gasteiger partial charge in [0.2, 0.25) is 0 Å². The summed E-state index contributed by atoms with van der Waals surface area (Å²) in [6.07, 6.45) is 2.87. The SMILES string of the molecule is N#CC(c1ccncn1)c1cc(Br)ccc1F. The Balaban J connectivity index is 2.51. The van der Waals surface area contributed by atoms with Crippen LogP contribution in [0.4, 0.5) is 4.39 Å². The Kier molecular flexibility index (Phi) is 3.45. The Morgan fingerprint density at radius 2 is 2.18 bits per heavy atom. The maximum absolute atomic E-state index is 13.7. The minimum atomic E-state index is -0.726. The highest BCUT2D eigenvalue weighted by Gasteiger charge is 2.18. The summed E-state index contributed by atoms with van der Waals surface area (Å²) in [5.41, 5.74) is 0.792. The van der Waals surface area contributed by atoms with Crippen molar-refractivity contribution < 1.29 is 4.39 Å². The Morgan fingerprint density at radius 3 is 2.82 bits per heavy atom. The highest BCUT2D eigenvalue weighted by Crippen LogP contribution is 2.27. The molecule has 0 aliphatic carbocycles. The first-order valence-electron chi connectivity index (χ1n) is 4.83. The summed E-state index contributed by atoms with van der Waals surface area (Å²) in [5.74, 6) is -1.14. The van der Waals surface area contributed by atoms with Crippen LogP contribution in [0, 0.1) is 17.1 Å². The molecule has 1 unspecified atom stereocenters. The molecular formula is C12H7BrFN3. The van der Waals surface area contributed by atoms with E-state index < -0.39 is 11.7 Å². The maximum Gasteiger partial charge on any atom is 0.128 e. The molecular weight excluding hydrogens is 285 g/mol. The first-order chi connectivity index (χ1) is 8.22. The monoisotopic (exact) mass is 291 g/mol. The second-order valence-corrected chi connectivity index (χ2v) is 4.28. The molecule has 0 aliphatic rings. The molecule has 0 saturated carbocycles. The Labute approximate surface area is 106 Å². The standard InChI is InChI=1S/C12H7BrFN3/c13-8-1-2-11(14)9(5-8)10(6-15)12-3-4-16-7-17-12/h1-5,7,10H. The van der Waals surface area contributed by atoms with Crippen LogP contribution in [0.25, 0.3) is 0 Å². The van der Waals surface area contributed by atoms with Gasteiger partial charge < -0.3 is 0 Å². The maximum atomic E-state index is 13.7. The van der Waals surface area contributed by atoms with Crippen LogP contribution in [-0.2, 0) is 0 Å². The van der Waals surface area contributed by atoms with E-state index in [1.807, 2.05) is 0 Å². The molecule has 0 bridgehead atoms. The first kappa shape index (κ1) is 11.7. The highest BCUT2D eigenvalue weighted by atomic mass is 79.9. The van der Waals surface area contributed by atoms with Gasteiger partial charge in [-0.2, -0.15) is 5.26 Å². The first-order valence-corrected chi connectivity index (χ1v) is 5.62. The lowest BCUT2D eigenvalue weighted by Gasteiger charge is -2.09. The smallest absolute Gasteiger partial charge is 0.128 e. The van der Waals surface area contributed by atoms with Gasteiger partial charge in [0.05, 0.1) is 11.8 Å². The quantitative estimate of drug-likeness (QED) is 0.854. The van der Waals surface area contributed by atoms with E-state index in [0.29, 0.717) is 11.3 Å². The molecule has 0 spiro atoms. The van der Waals surface area contributed by atoms with Crippen molar-refractivity contribution in [3.05, 3.63) is 58.3 Å². The molecule has 84 valence electrons. The Morgan fingerprint density at radius 1 is 1.35 bits per heavy atom. The minimum absolute atomic E-state index is 0.306. The van der Waals surface area contributed by atoms with Crippen LogP contribution in [0.1, 0.15) is 17.2 Å². The molecule has 0 aliphatic heterocycles. The van der Waals surface area contributed by atoms with Gasteiger partial charge in [-0.15, -0.1) is 0 Å². The van der Waals surface area contributed by atoms with Crippen LogP contribution in [0.15, 0.2) is 41.3 Å². The fraction of sp³-hybridized carbons (Fsp3) is 0.0833. The van der Waals surface area contributed by atoms with Crippen LogP contribution in [0.2, 0.25) is 0 Å². The Bertz CT molecular complexity index is 566. The number of nitrogens with zero attached hydrogens (tertiary/aromatic N) is 3. The van der Waals surface area contributed by atoms with Gasteiger partial charge in [0, 0.05) is 16.2 Å². The van der Waals surface area contributed by atoms with Crippen LogP contribution >= 0.6 is 15.9 Å². The minimum Gasteiger partial charge on any atom is -0.245 e. The van der Waals surface area contributed by atoms with Crippen molar-refractivity contribution in [3.8, 4) is 6.07 Å². The van der Waals surface area contributed by atoms with E-state index in [1.54, 1.807) is 18.2 Å². The van der Waals surface area contributed by atoms with Crippen LogP contribution < -0.4 is 0 Å². The molecule has 0 saturated heterocycles. The molecule has 0 N–H and O–H groups in total. The van der Waals surface area contributed by atoms with Crippen molar-refractivity contribution in [2.75, 3.05) is 0 Å². The van der Waals surface area contributed by atoms with Crippen molar-refractivity contribution in [2.45, 2.75) is 5.92 Å². The number of aromatic nitrogens is 2. The van der Waals surface area contributed by atoms with Crippen LogP contribution in [0.5, 0.6) is 0 Å². The molecule has 0 fully saturated rings. The molecule has 1 aromatic heterocycles. The van der Waals surface area contributed by atoms with Gasteiger partial charge in [-0.3, -0.25) is 0 Å². The van der Waals surface area contributed by atoms with Gasteiger partial charge in [-0.25, -0.2) is 14.4 Å². The van der Waals surface area contributed by atoms with Gasteiger partial charge >= 0.3 is 0 Å². The lowest BCUT2D eigenvalue weighted by Crippen LogP contribution is -2.03. The molecule has 2 aromatic rings. The highest BCUT2D eigenvalue weighted by molar-refractivity contribution is 9.10. The largest absolute Gasteiger partial charge is 0.245 e. The average Bonchev–Trinajstić information content (AvgIpc) is 2.36. The van der Waals surface area contributed by atoms with Gasteiger partial charge in [-0.05, 0) is 24.3 Å². The second kappa shape index (κ2) is 5.02. The lowest BCUT2D eigenvalue weighted by molar-refractivity contribution is 0.607. The zero-order chi connectivity index (χ0) is 12.3. The summed E-state index contributed by atoms with van der Waals surface area (Å²) < 4.78 is 14.4. The Hall–Kier alpha value is -1.80. The summed E-state index contributed by atoms with van der Waals surface area (Å²) in [6, 6.07) is 8.16. The van der Waals surface area contributed by atoms with Crippen molar-refractivity contribution in [3.63, 3.8) is 0 Å². The lowest BCUT2D eigenvalue weighted by atomic mass is 9.96. The van der Waals surface area contributed by atoms with E-state index in [-0.39, 0.29) is 0 Å². The summed E-state index contributed by atoms with van der Waals surface area (Å²) in [7, 11) is 0. The molecule has 3 nitrogen and oxygen atoms in total. The van der Waals surface area contributed by atoms with Crippen molar-refractivity contribution >= 4 is 15.9 Å². The third-order valence-electron chi connectivity index (χ3n) is 2.30. The number of hydrogen-bond acceptors (Lipinski definition) is 3. The molecule has 17 heavy (non-hydrogen) atoms. The number of benzene rings is 1. The van der Waals surface area contributed by atoms with E-state index in [0.717, 1.165) is 4.47 Å². The third kappa shape index (κ3) is 2.48. The fourth-order valence-electron chi connectivity index (χ4n) is 1.50. The van der Waals surface area contributed by atoms with E-state index in [1.165, 1.54) is 18.6 Å². The van der Waals surface area contributed by atoms with Crippen LogP contribution in [-0.4, -0.2) is 9.97 Å². The summed E-state index contributed by atoms with van der Waals surface area (Å²) in [5, 5.41) is 9.16. The predicted molar refractivity (Wildman–Crippen MR) is 63.6 cm³/mol. The van der Waals surface area contributed by atoms with Gasteiger partial charge in [0.15, 0.2) is 0 Å².